The number of anilines is 1. The van der Waals surface area contributed by atoms with Crippen LogP contribution in [0.4, 0.5) is 5.69 Å². The number of aliphatic hydroxyl groups excluding tert-OH is 1. The molecule has 2 aliphatic heterocycles. The number of amides is 1. The highest BCUT2D eigenvalue weighted by Gasteiger charge is 2.44. The van der Waals surface area contributed by atoms with Crippen LogP contribution in [0.25, 0.3) is 0 Å². The van der Waals surface area contributed by atoms with Crippen LogP contribution < -0.4 is 10.5 Å². The Bertz CT molecular complexity index is 1170. The number of carboxylic acids is 1. The fourth-order valence-electron chi connectivity index (χ4n) is 4.77. The van der Waals surface area contributed by atoms with Crippen molar-refractivity contribution in [1.82, 2.24) is 4.57 Å². The highest BCUT2D eigenvalue weighted by Crippen LogP contribution is 2.45. The van der Waals surface area contributed by atoms with Gasteiger partial charge in [0.25, 0.3) is 5.56 Å². The SMILES string of the molecule is C=CCOC(=O)C(C(=O)O)c1cc2n(c(=O)c1CO)CC1Cc3ccccc3N(C=O)C21. The van der Waals surface area contributed by atoms with Crippen LogP contribution in [-0.2, 0) is 38.7 Å². The number of hydrogen-bond acceptors (Lipinski definition) is 6. The van der Waals surface area contributed by atoms with Crippen molar-refractivity contribution in [3.63, 3.8) is 0 Å². The van der Waals surface area contributed by atoms with Crippen LogP contribution in [0.5, 0.6) is 0 Å². The Morgan fingerprint density at radius 3 is 2.72 bits per heavy atom. The molecule has 166 valence electrons. The number of pyridine rings is 1. The number of para-hydroxylation sites is 1. The van der Waals surface area contributed by atoms with Crippen LogP contribution in [0.3, 0.4) is 0 Å². The van der Waals surface area contributed by atoms with Gasteiger partial charge in [-0.15, -0.1) is 0 Å². The molecule has 1 amide bonds. The van der Waals surface area contributed by atoms with Crippen LogP contribution in [-0.4, -0.2) is 39.7 Å². The van der Waals surface area contributed by atoms with Crippen molar-refractivity contribution in [1.29, 1.82) is 0 Å². The summed E-state index contributed by atoms with van der Waals surface area (Å²) in [6, 6.07) is 8.37. The van der Waals surface area contributed by atoms with E-state index in [0.717, 1.165) is 11.3 Å². The lowest BCUT2D eigenvalue weighted by Crippen LogP contribution is -2.36. The normalized spacial score (nSPS) is 19.3. The summed E-state index contributed by atoms with van der Waals surface area (Å²) in [4.78, 5) is 51.3. The second-order valence-corrected chi connectivity index (χ2v) is 7.82. The molecular formula is C23H22N2O7. The maximum absolute atomic E-state index is 13.2. The molecule has 2 aromatic rings. The standard InChI is InChI=1S/C23H22N2O7/c1-2-7-32-23(31)19(22(29)30)15-9-18-20-14(10-24(18)21(28)16(15)11-26)8-13-5-3-4-6-17(13)25(20)12-27/h2-6,9,12,14,19-20,26H,1,7-8,10-11H2,(H,29,30). The van der Waals surface area contributed by atoms with Gasteiger partial charge in [-0.25, -0.2) is 0 Å². The zero-order chi connectivity index (χ0) is 23.0. The fourth-order valence-corrected chi connectivity index (χ4v) is 4.77. The van der Waals surface area contributed by atoms with Crippen molar-refractivity contribution >= 4 is 24.0 Å². The molecule has 0 aliphatic carbocycles. The van der Waals surface area contributed by atoms with E-state index in [9.17, 15) is 29.4 Å². The van der Waals surface area contributed by atoms with Crippen LogP contribution >= 0.6 is 0 Å². The lowest BCUT2D eigenvalue weighted by atomic mass is 9.85. The third kappa shape index (κ3) is 3.31. The van der Waals surface area contributed by atoms with Gasteiger partial charge in [0.05, 0.1) is 12.6 Å². The van der Waals surface area contributed by atoms with Gasteiger partial charge in [0.15, 0.2) is 5.92 Å². The number of ether oxygens (including phenoxy) is 1. The van der Waals surface area contributed by atoms with E-state index in [0.29, 0.717) is 25.1 Å². The van der Waals surface area contributed by atoms with Gasteiger partial charge in [-0.05, 0) is 29.7 Å². The summed E-state index contributed by atoms with van der Waals surface area (Å²) in [5.74, 6) is -4.47. The summed E-state index contributed by atoms with van der Waals surface area (Å²) in [6.07, 6.45) is 2.62. The first kappa shape index (κ1) is 21.5. The summed E-state index contributed by atoms with van der Waals surface area (Å²) in [6.45, 7) is 2.81. The molecule has 1 aromatic heterocycles. The largest absolute Gasteiger partial charge is 0.480 e. The molecule has 3 heterocycles. The average Bonchev–Trinajstić information content (AvgIpc) is 3.14. The van der Waals surface area contributed by atoms with Crippen LogP contribution in [0.15, 0.2) is 47.8 Å². The predicted molar refractivity (Wildman–Crippen MR) is 113 cm³/mol. The van der Waals surface area contributed by atoms with E-state index in [1.807, 2.05) is 24.3 Å². The summed E-state index contributed by atoms with van der Waals surface area (Å²) in [5, 5.41) is 19.6. The van der Waals surface area contributed by atoms with E-state index >= 15 is 0 Å². The van der Waals surface area contributed by atoms with Crippen molar-refractivity contribution < 1.29 is 29.3 Å². The van der Waals surface area contributed by atoms with E-state index in [2.05, 4.69) is 6.58 Å². The molecular weight excluding hydrogens is 416 g/mol. The van der Waals surface area contributed by atoms with E-state index in [1.165, 1.54) is 21.6 Å². The quantitative estimate of drug-likeness (QED) is 0.287. The highest BCUT2D eigenvalue weighted by molar-refractivity contribution is 6.00. The molecule has 32 heavy (non-hydrogen) atoms. The molecule has 0 bridgehead atoms. The van der Waals surface area contributed by atoms with Crippen LogP contribution in [0, 0.1) is 5.92 Å². The second-order valence-electron chi connectivity index (χ2n) is 7.82. The molecule has 3 unspecified atom stereocenters. The minimum atomic E-state index is -1.80. The van der Waals surface area contributed by atoms with Gasteiger partial charge < -0.3 is 24.4 Å². The van der Waals surface area contributed by atoms with E-state index < -0.39 is 36.1 Å². The number of carboxylic acid groups (broad SMARTS) is 1. The maximum atomic E-state index is 13.2. The molecule has 0 fully saturated rings. The number of carbonyl (C=O) groups excluding carboxylic acids is 2. The molecule has 2 aliphatic rings. The van der Waals surface area contributed by atoms with Gasteiger partial charge in [0.2, 0.25) is 6.41 Å². The van der Waals surface area contributed by atoms with Gasteiger partial charge in [-0.3, -0.25) is 19.2 Å². The first-order chi connectivity index (χ1) is 15.4. The number of aromatic nitrogens is 1. The average molecular weight is 438 g/mol. The topological polar surface area (TPSA) is 126 Å². The summed E-state index contributed by atoms with van der Waals surface area (Å²) < 4.78 is 6.39. The molecule has 9 heteroatoms. The molecule has 0 radical (unpaired) electrons. The third-order valence-electron chi connectivity index (χ3n) is 6.09. The second kappa shape index (κ2) is 8.43. The number of fused-ring (bicyclic) bond motifs is 4. The summed E-state index contributed by atoms with van der Waals surface area (Å²) in [7, 11) is 0. The smallest absolute Gasteiger partial charge is 0.325 e. The Hall–Kier alpha value is -3.72. The van der Waals surface area contributed by atoms with Crippen molar-refractivity contribution in [2.75, 3.05) is 11.5 Å². The molecule has 2 N–H and O–H groups in total. The molecule has 3 atom stereocenters. The number of aliphatic carboxylic acids is 1. The fraction of sp³-hybridized carbons (Fsp3) is 0.304. The Morgan fingerprint density at radius 2 is 2.06 bits per heavy atom. The van der Waals surface area contributed by atoms with E-state index in [4.69, 9.17) is 4.74 Å². The zero-order valence-corrected chi connectivity index (χ0v) is 17.1. The Kier molecular flexibility index (Phi) is 5.67. The molecule has 0 spiro atoms. The molecule has 4 rings (SSSR count). The van der Waals surface area contributed by atoms with Gasteiger partial charge >= 0.3 is 11.9 Å². The molecule has 0 saturated carbocycles. The monoisotopic (exact) mass is 438 g/mol. The van der Waals surface area contributed by atoms with Gasteiger partial charge in [-0.2, -0.15) is 0 Å². The van der Waals surface area contributed by atoms with Gasteiger partial charge in [0.1, 0.15) is 6.61 Å². The number of hydrogen-bond donors (Lipinski definition) is 2. The summed E-state index contributed by atoms with van der Waals surface area (Å²) >= 11 is 0. The number of aliphatic hydroxyl groups is 1. The molecule has 9 nitrogen and oxygen atoms in total. The van der Waals surface area contributed by atoms with Gasteiger partial charge in [0, 0.05) is 29.4 Å². The van der Waals surface area contributed by atoms with E-state index in [1.54, 1.807) is 0 Å². The van der Waals surface area contributed by atoms with Crippen molar-refractivity contribution in [2.24, 2.45) is 5.92 Å². The van der Waals surface area contributed by atoms with Crippen LogP contribution in [0.1, 0.15) is 34.3 Å². The Labute approximate surface area is 183 Å². The van der Waals surface area contributed by atoms with E-state index in [-0.39, 0.29) is 23.7 Å². The number of rotatable bonds is 7. The molecule has 0 saturated heterocycles. The highest BCUT2D eigenvalue weighted by atomic mass is 16.5. The number of esters is 1. The Balaban J connectivity index is 1.88. The number of benzene rings is 1. The number of nitrogens with zero attached hydrogens (tertiary/aromatic N) is 2. The maximum Gasteiger partial charge on any atom is 0.325 e. The van der Waals surface area contributed by atoms with Crippen molar-refractivity contribution in [3.8, 4) is 0 Å². The van der Waals surface area contributed by atoms with Crippen molar-refractivity contribution in [3.05, 3.63) is 75.7 Å². The first-order valence-corrected chi connectivity index (χ1v) is 10.1. The lowest BCUT2D eigenvalue weighted by Gasteiger charge is -2.36. The minimum absolute atomic E-state index is 0.111. The minimum Gasteiger partial charge on any atom is -0.480 e. The van der Waals surface area contributed by atoms with Crippen LogP contribution in [0.2, 0.25) is 0 Å². The first-order valence-electron chi connectivity index (χ1n) is 10.1. The Morgan fingerprint density at radius 1 is 1.31 bits per heavy atom. The predicted octanol–water partition coefficient (Wildman–Crippen LogP) is 1.13. The number of carbonyl (C=O) groups is 3. The zero-order valence-electron chi connectivity index (χ0n) is 17.1. The van der Waals surface area contributed by atoms with Gasteiger partial charge in [-0.1, -0.05) is 30.9 Å². The van der Waals surface area contributed by atoms with Crippen molar-refractivity contribution in [2.45, 2.75) is 31.5 Å². The molecule has 1 aromatic carbocycles. The third-order valence-corrected chi connectivity index (χ3v) is 6.09. The summed E-state index contributed by atoms with van der Waals surface area (Å²) in [5.41, 5.74) is 1.24. The lowest BCUT2D eigenvalue weighted by molar-refractivity contribution is -0.153.